The highest BCUT2D eigenvalue weighted by Crippen LogP contribution is 2.34. The van der Waals surface area contributed by atoms with Crippen molar-refractivity contribution in [2.24, 2.45) is 0 Å². The maximum atomic E-state index is 12.6. The number of carbonyl (C=O) groups is 1. The normalized spacial score (nSPS) is 16.1. The summed E-state index contributed by atoms with van der Waals surface area (Å²) in [5, 5.41) is 6.92. The van der Waals surface area contributed by atoms with Crippen molar-refractivity contribution >= 4 is 27.3 Å². The molecule has 8 nitrogen and oxygen atoms in total. The molecule has 0 spiro atoms. The molecule has 1 aliphatic rings. The number of amides is 1. The number of hydrogen-bond acceptors (Lipinski definition) is 5. The Morgan fingerprint density at radius 2 is 1.93 bits per heavy atom. The Hall–Kier alpha value is -3.20. The number of sulfonamides is 1. The molecule has 0 saturated heterocycles. The number of nitrogens with one attached hydrogen (secondary N) is 1. The molecule has 1 atom stereocenters. The highest BCUT2D eigenvalue weighted by atomic mass is 32.2. The number of aromatic nitrogens is 3. The van der Waals surface area contributed by atoms with E-state index in [0.717, 1.165) is 11.3 Å². The molecule has 3 aromatic rings. The molecular formula is C19H19N5O3S. The average Bonchev–Trinajstić information content (AvgIpc) is 3.27. The van der Waals surface area contributed by atoms with Gasteiger partial charge in [0, 0.05) is 17.3 Å². The molecule has 28 heavy (non-hydrogen) atoms. The molecule has 4 rings (SSSR count). The van der Waals surface area contributed by atoms with Crippen LogP contribution in [0.3, 0.4) is 0 Å². The van der Waals surface area contributed by atoms with Crippen molar-refractivity contribution < 1.29 is 13.2 Å². The Morgan fingerprint density at radius 1 is 1.18 bits per heavy atom. The Bertz CT molecular complexity index is 1120. The van der Waals surface area contributed by atoms with Gasteiger partial charge in [-0.05, 0) is 61.4 Å². The highest BCUT2D eigenvalue weighted by molar-refractivity contribution is 7.92. The molecule has 144 valence electrons. The lowest BCUT2D eigenvalue weighted by molar-refractivity contribution is 0.102. The van der Waals surface area contributed by atoms with E-state index in [1.807, 2.05) is 19.1 Å². The van der Waals surface area contributed by atoms with Crippen molar-refractivity contribution in [1.82, 2.24) is 14.8 Å². The third kappa shape index (κ3) is 3.36. The smallest absolute Gasteiger partial charge is 0.255 e. The van der Waals surface area contributed by atoms with Crippen molar-refractivity contribution in [2.45, 2.75) is 19.4 Å². The number of nitrogens with zero attached hydrogens (tertiary/aromatic N) is 4. The fourth-order valence-corrected chi connectivity index (χ4v) is 4.76. The van der Waals surface area contributed by atoms with E-state index in [1.54, 1.807) is 41.3 Å². The molecule has 1 aromatic heterocycles. The monoisotopic (exact) mass is 397 g/mol. The molecule has 0 bridgehead atoms. The summed E-state index contributed by atoms with van der Waals surface area (Å²) in [6.07, 6.45) is 4.83. The second-order valence-electron chi connectivity index (χ2n) is 6.80. The van der Waals surface area contributed by atoms with Gasteiger partial charge < -0.3 is 5.32 Å². The van der Waals surface area contributed by atoms with E-state index in [4.69, 9.17) is 0 Å². The zero-order valence-corrected chi connectivity index (χ0v) is 16.2. The topological polar surface area (TPSA) is 97.2 Å². The van der Waals surface area contributed by atoms with E-state index in [1.165, 1.54) is 16.9 Å². The number of fused-ring (bicyclic) bond motifs is 1. The first-order valence-corrected chi connectivity index (χ1v) is 10.6. The summed E-state index contributed by atoms with van der Waals surface area (Å²) in [4.78, 5) is 16.5. The van der Waals surface area contributed by atoms with E-state index < -0.39 is 10.0 Å². The Balaban J connectivity index is 1.53. The highest BCUT2D eigenvalue weighted by Gasteiger charge is 2.32. The first-order chi connectivity index (χ1) is 13.3. The van der Waals surface area contributed by atoms with Gasteiger partial charge in [-0.1, -0.05) is 0 Å². The summed E-state index contributed by atoms with van der Waals surface area (Å²) in [5.41, 5.74) is 3.47. The summed E-state index contributed by atoms with van der Waals surface area (Å²) in [6.45, 7) is 1.86. The second-order valence-corrected chi connectivity index (χ2v) is 8.66. The maximum Gasteiger partial charge on any atom is 0.255 e. The molecular weight excluding hydrogens is 378 g/mol. The maximum absolute atomic E-state index is 12.6. The third-order valence-corrected chi connectivity index (χ3v) is 5.93. The van der Waals surface area contributed by atoms with Crippen LogP contribution in [0, 0.1) is 0 Å². The van der Waals surface area contributed by atoms with E-state index in [9.17, 15) is 13.2 Å². The molecule has 0 saturated carbocycles. The minimum absolute atomic E-state index is 0.160. The summed E-state index contributed by atoms with van der Waals surface area (Å²) < 4.78 is 27.1. The van der Waals surface area contributed by atoms with E-state index >= 15 is 0 Å². The van der Waals surface area contributed by atoms with Gasteiger partial charge in [0.25, 0.3) is 5.91 Å². The molecule has 2 heterocycles. The molecule has 2 aromatic carbocycles. The van der Waals surface area contributed by atoms with Crippen molar-refractivity contribution in [1.29, 1.82) is 0 Å². The van der Waals surface area contributed by atoms with Gasteiger partial charge in [0.15, 0.2) is 0 Å². The van der Waals surface area contributed by atoms with Gasteiger partial charge >= 0.3 is 0 Å². The fraction of sp³-hybridized carbons (Fsp3) is 0.211. The minimum atomic E-state index is -3.35. The van der Waals surface area contributed by atoms with Gasteiger partial charge in [-0.2, -0.15) is 5.10 Å². The zero-order chi connectivity index (χ0) is 19.9. The summed E-state index contributed by atoms with van der Waals surface area (Å²) in [5.74, 6) is -0.248. The van der Waals surface area contributed by atoms with Crippen LogP contribution >= 0.6 is 0 Å². The lowest BCUT2D eigenvalue weighted by Crippen LogP contribution is -2.34. The van der Waals surface area contributed by atoms with Crippen LogP contribution in [0.2, 0.25) is 0 Å². The van der Waals surface area contributed by atoms with Crippen LogP contribution in [0.4, 0.5) is 11.4 Å². The second kappa shape index (κ2) is 6.75. The van der Waals surface area contributed by atoms with E-state index in [2.05, 4.69) is 15.4 Å². The van der Waals surface area contributed by atoms with Crippen LogP contribution in [0.15, 0.2) is 55.1 Å². The third-order valence-electron chi connectivity index (χ3n) is 4.66. The van der Waals surface area contributed by atoms with Gasteiger partial charge in [0.05, 0.1) is 17.6 Å². The predicted octanol–water partition coefficient (Wildman–Crippen LogP) is 2.23. The van der Waals surface area contributed by atoms with Crippen molar-refractivity contribution in [3.63, 3.8) is 0 Å². The standard InChI is InChI=1S/C19H19N5O3S/c1-13-9-15-10-14(3-8-18(15)24(13)28(2,26)27)19(25)22-16-4-6-17(7-5-16)23-12-20-11-21-23/h3-8,10-13H,9H2,1-2H3,(H,22,25). The van der Waals surface area contributed by atoms with Crippen molar-refractivity contribution in [3.8, 4) is 5.69 Å². The number of anilines is 2. The SMILES string of the molecule is CC1Cc2cc(C(=O)Nc3ccc(-n4cncn4)cc3)ccc2N1S(C)(=O)=O. The van der Waals surface area contributed by atoms with E-state index in [0.29, 0.717) is 23.4 Å². The van der Waals surface area contributed by atoms with Gasteiger partial charge in [0.2, 0.25) is 10.0 Å². The van der Waals surface area contributed by atoms with E-state index in [-0.39, 0.29) is 11.9 Å². The summed E-state index contributed by atoms with van der Waals surface area (Å²) in [7, 11) is -3.35. The minimum Gasteiger partial charge on any atom is -0.322 e. The molecule has 0 aliphatic carbocycles. The molecule has 1 unspecified atom stereocenters. The first-order valence-electron chi connectivity index (χ1n) is 8.72. The van der Waals surface area contributed by atoms with Crippen LogP contribution in [0.5, 0.6) is 0 Å². The van der Waals surface area contributed by atoms with Gasteiger partial charge in [0.1, 0.15) is 12.7 Å². The zero-order valence-electron chi connectivity index (χ0n) is 15.4. The number of carbonyl (C=O) groups excluding carboxylic acids is 1. The average molecular weight is 397 g/mol. The molecule has 1 amide bonds. The van der Waals surface area contributed by atoms with Crippen LogP contribution in [0.1, 0.15) is 22.8 Å². The van der Waals surface area contributed by atoms with Gasteiger partial charge in [-0.3, -0.25) is 9.10 Å². The van der Waals surface area contributed by atoms with Crippen molar-refractivity contribution in [3.05, 3.63) is 66.2 Å². The Labute approximate surface area is 162 Å². The number of hydrogen-bond donors (Lipinski definition) is 1. The van der Waals surface area contributed by atoms with Gasteiger partial charge in [-0.15, -0.1) is 0 Å². The number of rotatable bonds is 4. The van der Waals surface area contributed by atoms with Crippen molar-refractivity contribution in [2.75, 3.05) is 15.9 Å². The molecule has 1 N–H and O–H groups in total. The Morgan fingerprint density at radius 3 is 2.57 bits per heavy atom. The van der Waals surface area contributed by atoms with Crippen LogP contribution in [-0.4, -0.2) is 41.4 Å². The predicted molar refractivity (Wildman–Crippen MR) is 106 cm³/mol. The lowest BCUT2D eigenvalue weighted by atomic mass is 10.1. The molecule has 0 radical (unpaired) electrons. The fourth-order valence-electron chi connectivity index (χ4n) is 3.49. The number of benzene rings is 2. The molecule has 9 heteroatoms. The largest absolute Gasteiger partial charge is 0.322 e. The first kappa shape index (κ1) is 18.2. The quantitative estimate of drug-likeness (QED) is 0.728. The summed E-state index contributed by atoms with van der Waals surface area (Å²) >= 11 is 0. The summed E-state index contributed by atoms with van der Waals surface area (Å²) in [6, 6.07) is 12.2. The molecule has 1 aliphatic heterocycles. The van der Waals surface area contributed by atoms with Crippen LogP contribution in [-0.2, 0) is 16.4 Å². The van der Waals surface area contributed by atoms with Crippen LogP contribution in [0.25, 0.3) is 5.69 Å². The molecule has 0 fully saturated rings. The Kier molecular flexibility index (Phi) is 4.38. The van der Waals surface area contributed by atoms with Crippen LogP contribution < -0.4 is 9.62 Å². The van der Waals surface area contributed by atoms with Gasteiger partial charge in [-0.25, -0.2) is 18.1 Å². The lowest BCUT2D eigenvalue weighted by Gasteiger charge is -2.21.